The Morgan fingerprint density at radius 3 is 2.53 bits per heavy atom. The van der Waals surface area contributed by atoms with Gasteiger partial charge in [-0.15, -0.1) is 23.1 Å². The van der Waals surface area contributed by atoms with Crippen LogP contribution in [-0.2, 0) is 4.79 Å². The summed E-state index contributed by atoms with van der Waals surface area (Å²) in [6, 6.07) is 19.1. The van der Waals surface area contributed by atoms with Crippen LogP contribution in [0.25, 0.3) is 22.5 Å². The number of aryl methyl sites for hydroxylation is 1. The lowest BCUT2D eigenvalue weighted by Crippen LogP contribution is -2.12. The minimum atomic E-state index is -0.157. The fourth-order valence-electron chi connectivity index (χ4n) is 3.06. The highest BCUT2D eigenvalue weighted by Gasteiger charge is 2.12. The van der Waals surface area contributed by atoms with E-state index in [-0.39, 0.29) is 12.3 Å². The molecule has 0 aliphatic rings. The van der Waals surface area contributed by atoms with Gasteiger partial charge in [-0.05, 0) is 31.2 Å². The number of thiazole rings is 1. The van der Waals surface area contributed by atoms with Crippen molar-refractivity contribution in [2.75, 3.05) is 11.1 Å². The fourth-order valence-corrected chi connectivity index (χ4v) is 5.01. The van der Waals surface area contributed by atoms with Crippen molar-refractivity contribution in [3.8, 4) is 28.6 Å². The summed E-state index contributed by atoms with van der Waals surface area (Å²) < 4.78 is 0. The maximum absolute atomic E-state index is 12.4. The minimum absolute atomic E-state index is 0.157. The summed E-state index contributed by atoms with van der Waals surface area (Å²) in [5, 5.41) is 16.2. The Bertz CT molecular complexity index is 1380. The van der Waals surface area contributed by atoms with Crippen molar-refractivity contribution in [2.45, 2.75) is 18.4 Å². The first-order valence-corrected chi connectivity index (χ1v) is 12.9. The van der Waals surface area contributed by atoms with E-state index in [1.165, 1.54) is 28.7 Å². The van der Waals surface area contributed by atoms with Gasteiger partial charge >= 0.3 is 0 Å². The summed E-state index contributed by atoms with van der Waals surface area (Å²) in [6.07, 6.45) is 0.258. The molecule has 0 spiro atoms. The van der Waals surface area contributed by atoms with Crippen molar-refractivity contribution in [2.24, 2.45) is 0 Å². The SMILES string of the molecule is Cc1ccc(-c2ccc(C#N)c(SCCC(=O)Nc3nc(-c4ccc(Cl)c(Cl)c4)cs3)n2)cc1. The number of nitrogens with zero attached hydrogens (tertiary/aromatic N) is 3. The number of anilines is 1. The molecule has 0 radical (unpaired) electrons. The van der Waals surface area contributed by atoms with Crippen LogP contribution < -0.4 is 5.32 Å². The van der Waals surface area contributed by atoms with E-state index in [0.29, 0.717) is 37.2 Å². The van der Waals surface area contributed by atoms with E-state index in [9.17, 15) is 10.1 Å². The lowest BCUT2D eigenvalue weighted by Gasteiger charge is -2.07. The third-order valence-electron chi connectivity index (χ3n) is 4.86. The quantitative estimate of drug-likeness (QED) is 0.253. The van der Waals surface area contributed by atoms with Gasteiger partial charge in [0.05, 0.1) is 27.0 Å². The average molecular weight is 525 g/mol. The standard InChI is InChI=1S/C25H18Cl2N4OS2/c1-15-2-4-16(5-3-15)21-9-7-18(13-28)24(29-21)33-11-10-23(32)31-25-30-22(14-34-25)17-6-8-19(26)20(27)12-17/h2-9,12,14H,10-11H2,1H3,(H,30,31,32). The number of hydrogen-bond acceptors (Lipinski definition) is 6. The summed E-state index contributed by atoms with van der Waals surface area (Å²) in [5.74, 6) is 0.325. The van der Waals surface area contributed by atoms with Crippen LogP contribution in [-0.4, -0.2) is 21.6 Å². The van der Waals surface area contributed by atoms with Gasteiger partial charge in [0, 0.05) is 28.7 Å². The molecule has 1 N–H and O–H groups in total. The van der Waals surface area contributed by atoms with Gasteiger partial charge in [-0.25, -0.2) is 9.97 Å². The van der Waals surface area contributed by atoms with Crippen LogP contribution in [0.4, 0.5) is 5.13 Å². The maximum atomic E-state index is 12.4. The topological polar surface area (TPSA) is 78.7 Å². The maximum Gasteiger partial charge on any atom is 0.226 e. The molecule has 0 bridgehead atoms. The normalized spacial score (nSPS) is 10.6. The van der Waals surface area contributed by atoms with Crippen molar-refractivity contribution < 1.29 is 4.79 Å². The van der Waals surface area contributed by atoms with Gasteiger partial charge in [-0.1, -0.05) is 59.1 Å². The molecule has 4 aromatic rings. The highest BCUT2D eigenvalue weighted by molar-refractivity contribution is 7.99. The molecule has 34 heavy (non-hydrogen) atoms. The average Bonchev–Trinajstić information content (AvgIpc) is 3.29. The van der Waals surface area contributed by atoms with E-state index < -0.39 is 0 Å². The molecule has 0 saturated heterocycles. The highest BCUT2D eigenvalue weighted by atomic mass is 35.5. The van der Waals surface area contributed by atoms with Gasteiger partial charge in [0.25, 0.3) is 0 Å². The number of aromatic nitrogens is 2. The van der Waals surface area contributed by atoms with Crippen LogP contribution in [0.15, 0.2) is 65.0 Å². The Morgan fingerprint density at radius 1 is 1.03 bits per heavy atom. The molecule has 4 rings (SSSR count). The molecule has 0 atom stereocenters. The number of pyridine rings is 1. The summed E-state index contributed by atoms with van der Waals surface area (Å²) in [5.41, 5.74) is 4.98. The van der Waals surface area contributed by atoms with Crippen LogP contribution in [0.5, 0.6) is 0 Å². The van der Waals surface area contributed by atoms with Gasteiger partial charge in [0.15, 0.2) is 5.13 Å². The fraction of sp³-hybridized carbons (Fsp3) is 0.120. The van der Waals surface area contributed by atoms with Gasteiger partial charge in [-0.2, -0.15) is 5.26 Å². The number of amides is 1. The minimum Gasteiger partial charge on any atom is -0.302 e. The molecule has 0 saturated carbocycles. The summed E-state index contributed by atoms with van der Waals surface area (Å²) in [6.45, 7) is 2.03. The van der Waals surface area contributed by atoms with Gasteiger partial charge in [-0.3, -0.25) is 4.79 Å². The molecule has 5 nitrogen and oxygen atoms in total. The second kappa shape index (κ2) is 11.0. The number of carbonyl (C=O) groups excluding carboxylic acids is 1. The van der Waals surface area contributed by atoms with Gasteiger partial charge < -0.3 is 5.32 Å². The summed E-state index contributed by atoms with van der Waals surface area (Å²) in [4.78, 5) is 21.6. The van der Waals surface area contributed by atoms with Gasteiger partial charge in [0.1, 0.15) is 11.1 Å². The van der Waals surface area contributed by atoms with E-state index >= 15 is 0 Å². The molecule has 2 heterocycles. The largest absolute Gasteiger partial charge is 0.302 e. The first-order chi connectivity index (χ1) is 16.4. The van der Waals surface area contributed by atoms with E-state index in [4.69, 9.17) is 23.2 Å². The highest BCUT2D eigenvalue weighted by Crippen LogP contribution is 2.31. The Kier molecular flexibility index (Phi) is 7.86. The molecule has 2 aromatic heterocycles. The molecular formula is C25H18Cl2N4OS2. The molecule has 0 aliphatic heterocycles. The first kappa shape index (κ1) is 24.2. The zero-order valence-electron chi connectivity index (χ0n) is 18.0. The van der Waals surface area contributed by atoms with Crippen molar-refractivity contribution in [1.29, 1.82) is 5.26 Å². The lowest BCUT2D eigenvalue weighted by molar-refractivity contribution is -0.115. The van der Waals surface area contributed by atoms with Gasteiger partial charge in [0.2, 0.25) is 5.91 Å². The molecule has 1 amide bonds. The third-order valence-corrected chi connectivity index (χ3v) is 7.35. The number of halogens is 2. The smallest absolute Gasteiger partial charge is 0.226 e. The first-order valence-electron chi connectivity index (χ1n) is 10.2. The Balaban J connectivity index is 1.36. The number of carbonyl (C=O) groups is 1. The second-order valence-electron chi connectivity index (χ2n) is 7.34. The zero-order valence-corrected chi connectivity index (χ0v) is 21.2. The molecule has 0 unspecified atom stereocenters. The molecule has 170 valence electrons. The Hall–Kier alpha value is -2.89. The van der Waals surface area contributed by atoms with E-state index in [0.717, 1.165) is 16.8 Å². The van der Waals surface area contributed by atoms with Crippen LogP contribution >= 0.6 is 46.3 Å². The number of benzene rings is 2. The number of hydrogen-bond donors (Lipinski definition) is 1. The van der Waals surface area contributed by atoms with Crippen molar-refractivity contribution in [3.05, 3.63) is 81.1 Å². The van der Waals surface area contributed by atoms with Crippen LogP contribution in [0.2, 0.25) is 10.0 Å². The molecule has 2 aromatic carbocycles. The van der Waals surface area contributed by atoms with Crippen molar-refractivity contribution >= 4 is 57.3 Å². The second-order valence-corrected chi connectivity index (χ2v) is 10.1. The number of thioether (sulfide) groups is 1. The van der Waals surface area contributed by atoms with E-state index in [2.05, 4.69) is 21.4 Å². The predicted octanol–water partition coefficient (Wildman–Crippen LogP) is 7.48. The summed E-state index contributed by atoms with van der Waals surface area (Å²) >= 11 is 14.8. The summed E-state index contributed by atoms with van der Waals surface area (Å²) in [7, 11) is 0. The molecule has 9 heteroatoms. The zero-order chi connectivity index (χ0) is 24.1. The van der Waals surface area contributed by atoms with E-state index in [1.54, 1.807) is 18.2 Å². The van der Waals surface area contributed by atoms with Crippen LogP contribution in [0.1, 0.15) is 17.5 Å². The Labute approximate surface area is 215 Å². The van der Waals surface area contributed by atoms with Crippen molar-refractivity contribution in [3.63, 3.8) is 0 Å². The van der Waals surface area contributed by atoms with Crippen molar-refractivity contribution in [1.82, 2.24) is 9.97 Å². The third kappa shape index (κ3) is 5.96. The predicted molar refractivity (Wildman–Crippen MR) is 141 cm³/mol. The molecular weight excluding hydrogens is 507 g/mol. The molecule has 0 fully saturated rings. The lowest BCUT2D eigenvalue weighted by atomic mass is 10.1. The number of nitrogens with one attached hydrogen (secondary N) is 1. The van der Waals surface area contributed by atoms with E-state index in [1.807, 2.05) is 48.7 Å². The molecule has 0 aliphatic carbocycles. The number of nitriles is 1. The monoisotopic (exact) mass is 524 g/mol. The Morgan fingerprint density at radius 2 is 1.79 bits per heavy atom. The van der Waals surface area contributed by atoms with Crippen LogP contribution in [0, 0.1) is 18.3 Å². The number of rotatable bonds is 7. The van der Waals surface area contributed by atoms with Crippen LogP contribution in [0.3, 0.4) is 0 Å².